The van der Waals surface area contributed by atoms with Gasteiger partial charge in [-0.05, 0) is 12.1 Å². The number of hydrogen-bond donors (Lipinski definition) is 2. The number of ether oxygens (including phenoxy) is 1. The van der Waals surface area contributed by atoms with Crippen LogP contribution in [0.2, 0.25) is 0 Å². The second kappa shape index (κ2) is 9.54. The molecule has 0 radical (unpaired) electrons. The van der Waals surface area contributed by atoms with Gasteiger partial charge in [0, 0.05) is 5.56 Å². The third-order valence-corrected chi connectivity index (χ3v) is 4.88. The molecule has 8 nitrogen and oxygen atoms in total. The van der Waals surface area contributed by atoms with Crippen LogP contribution < -0.4 is 10.9 Å². The van der Waals surface area contributed by atoms with E-state index in [0.29, 0.717) is 11.3 Å². The first kappa shape index (κ1) is 20.8. The predicted octanol–water partition coefficient (Wildman–Crippen LogP) is 2.83. The van der Waals surface area contributed by atoms with E-state index in [1.165, 1.54) is 7.11 Å². The van der Waals surface area contributed by atoms with Gasteiger partial charge in [0.15, 0.2) is 5.16 Å². The van der Waals surface area contributed by atoms with E-state index in [2.05, 4.69) is 15.3 Å². The third-order valence-electron chi connectivity index (χ3n) is 4.00. The second-order valence-corrected chi connectivity index (χ2v) is 6.91. The van der Waals surface area contributed by atoms with Crippen LogP contribution in [0.4, 0.5) is 5.69 Å². The van der Waals surface area contributed by atoms with Crippen molar-refractivity contribution in [3.8, 4) is 17.3 Å². The van der Waals surface area contributed by atoms with E-state index in [1.807, 2.05) is 12.1 Å². The van der Waals surface area contributed by atoms with Crippen molar-refractivity contribution in [3.05, 3.63) is 76.1 Å². The Balaban J connectivity index is 1.78. The standard InChI is InChI=1S/C21H16N4O4S/c1-29-20(28)14-9-5-6-10-16(14)23-17(26)12-30-21-24-18(13-7-3-2-4-8-13)15(11-22)19(27)25-21/h2-10H,12H2,1H3,(H,23,26)(H,24,25,27). The summed E-state index contributed by atoms with van der Waals surface area (Å²) in [5, 5.41) is 12.2. The first-order valence-corrected chi connectivity index (χ1v) is 9.72. The lowest BCUT2D eigenvalue weighted by Gasteiger charge is -2.10. The summed E-state index contributed by atoms with van der Waals surface area (Å²) in [6.07, 6.45) is 0. The lowest BCUT2D eigenvalue weighted by Crippen LogP contribution is -2.18. The number of nitriles is 1. The third kappa shape index (κ3) is 4.74. The first-order valence-electron chi connectivity index (χ1n) is 8.73. The number of para-hydroxylation sites is 1. The van der Waals surface area contributed by atoms with E-state index in [1.54, 1.807) is 48.5 Å². The number of H-pyrrole nitrogens is 1. The zero-order valence-corrected chi connectivity index (χ0v) is 16.7. The van der Waals surface area contributed by atoms with E-state index in [0.717, 1.165) is 11.8 Å². The molecule has 150 valence electrons. The number of nitrogens with one attached hydrogen (secondary N) is 2. The van der Waals surface area contributed by atoms with Crippen LogP contribution in [0.25, 0.3) is 11.3 Å². The molecule has 0 atom stereocenters. The van der Waals surface area contributed by atoms with Crippen LogP contribution in [0.1, 0.15) is 15.9 Å². The molecule has 0 fully saturated rings. The van der Waals surface area contributed by atoms with Crippen molar-refractivity contribution in [1.82, 2.24) is 9.97 Å². The van der Waals surface area contributed by atoms with Crippen LogP contribution in [0.5, 0.6) is 0 Å². The van der Waals surface area contributed by atoms with Gasteiger partial charge < -0.3 is 15.0 Å². The van der Waals surface area contributed by atoms with Crippen LogP contribution in [-0.4, -0.2) is 34.7 Å². The molecule has 0 aliphatic rings. The molecule has 3 aromatic rings. The fraction of sp³-hybridized carbons (Fsp3) is 0.0952. The quantitative estimate of drug-likeness (QED) is 0.357. The Labute approximate surface area is 175 Å². The number of carbonyl (C=O) groups excluding carboxylic acids is 2. The Morgan fingerprint density at radius 2 is 1.87 bits per heavy atom. The summed E-state index contributed by atoms with van der Waals surface area (Å²) in [6.45, 7) is 0. The number of anilines is 1. The van der Waals surface area contributed by atoms with Crippen LogP contribution in [0, 0.1) is 11.3 Å². The van der Waals surface area contributed by atoms with Crippen molar-refractivity contribution in [2.45, 2.75) is 5.16 Å². The molecule has 30 heavy (non-hydrogen) atoms. The van der Waals surface area contributed by atoms with E-state index < -0.39 is 17.4 Å². The molecule has 0 spiro atoms. The normalized spacial score (nSPS) is 10.1. The summed E-state index contributed by atoms with van der Waals surface area (Å²) in [7, 11) is 1.26. The number of aromatic nitrogens is 2. The molecule has 2 aromatic carbocycles. The van der Waals surface area contributed by atoms with Gasteiger partial charge in [-0.1, -0.05) is 54.2 Å². The number of methoxy groups -OCH3 is 1. The Kier molecular flexibility index (Phi) is 6.62. The highest BCUT2D eigenvalue weighted by Crippen LogP contribution is 2.22. The van der Waals surface area contributed by atoms with Crippen molar-refractivity contribution in [2.75, 3.05) is 18.2 Å². The van der Waals surface area contributed by atoms with Gasteiger partial charge in [0.2, 0.25) is 5.91 Å². The summed E-state index contributed by atoms with van der Waals surface area (Å²) in [4.78, 5) is 43.3. The summed E-state index contributed by atoms with van der Waals surface area (Å²) >= 11 is 1.01. The van der Waals surface area contributed by atoms with Gasteiger partial charge in [-0.3, -0.25) is 9.59 Å². The molecular formula is C21H16N4O4S. The molecule has 0 aliphatic carbocycles. The molecule has 3 rings (SSSR count). The van der Waals surface area contributed by atoms with Crippen LogP contribution in [0.15, 0.2) is 64.5 Å². The van der Waals surface area contributed by atoms with E-state index in [9.17, 15) is 19.6 Å². The average Bonchev–Trinajstić information content (AvgIpc) is 2.77. The SMILES string of the molecule is COC(=O)c1ccccc1NC(=O)CSc1nc(-c2ccccc2)c(C#N)c(=O)[nH]1. The van der Waals surface area contributed by atoms with Gasteiger partial charge in [0.05, 0.1) is 29.8 Å². The largest absolute Gasteiger partial charge is 0.465 e. The minimum Gasteiger partial charge on any atom is -0.465 e. The van der Waals surface area contributed by atoms with Crippen LogP contribution >= 0.6 is 11.8 Å². The molecular weight excluding hydrogens is 404 g/mol. The smallest absolute Gasteiger partial charge is 0.339 e. The maximum atomic E-state index is 12.4. The number of esters is 1. The number of rotatable bonds is 6. The van der Waals surface area contributed by atoms with Crippen molar-refractivity contribution >= 4 is 29.3 Å². The van der Waals surface area contributed by atoms with Crippen molar-refractivity contribution < 1.29 is 14.3 Å². The van der Waals surface area contributed by atoms with Gasteiger partial charge >= 0.3 is 5.97 Å². The number of amides is 1. The minimum absolute atomic E-state index is 0.0709. The van der Waals surface area contributed by atoms with Crippen molar-refractivity contribution in [3.63, 3.8) is 0 Å². The summed E-state index contributed by atoms with van der Waals surface area (Å²) in [6, 6.07) is 17.2. The molecule has 1 aromatic heterocycles. The number of nitrogens with zero attached hydrogens (tertiary/aromatic N) is 2. The fourth-order valence-corrected chi connectivity index (χ4v) is 3.29. The molecule has 0 saturated heterocycles. The molecule has 0 bridgehead atoms. The Morgan fingerprint density at radius 3 is 2.57 bits per heavy atom. The molecule has 1 amide bonds. The molecule has 1 heterocycles. The van der Waals surface area contributed by atoms with E-state index in [4.69, 9.17) is 4.74 Å². The summed E-state index contributed by atoms with van der Waals surface area (Å²) in [5.74, 6) is -1.03. The highest BCUT2D eigenvalue weighted by atomic mass is 32.2. The number of carbonyl (C=O) groups is 2. The predicted molar refractivity (Wildman–Crippen MR) is 112 cm³/mol. The van der Waals surface area contributed by atoms with Gasteiger partial charge in [-0.25, -0.2) is 9.78 Å². The zero-order chi connectivity index (χ0) is 21.5. The molecule has 0 saturated carbocycles. The zero-order valence-electron chi connectivity index (χ0n) is 15.8. The number of hydrogen-bond acceptors (Lipinski definition) is 7. The monoisotopic (exact) mass is 420 g/mol. The topological polar surface area (TPSA) is 125 Å². The fourth-order valence-electron chi connectivity index (χ4n) is 2.63. The molecule has 0 aliphatic heterocycles. The van der Waals surface area contributed by atoms with E-state index in [-0.39, 0.29) is 27.7 Å². The number of thioether (sulfide) groups is 1. The summed E-state index contributed by atoms with van der Waals surface area (Å²) < 4.78 is 4.71. The highest BCUT2D eigenvalue weighted by Gasteiger charge is 2.16. The molecule has 9 heteroatoms. The Morgan fingerprint density at radius 1 is 1.17 bits per heavy atom. The molecule has 0 unspecified atom stereocenters. The van der Waals surface area contributed by atoms with Crippen LogP contribution in [0.3, 0.4) is 0 Å². The van der Waals surface area contributed by atoms with Crippen molar-refractivity contribution in [2.24, 2.45) is 0 Å². The Hall–Kier alpha value is -3.90. The van der Waals surface area contributed by atoms with E-state index >= 15 is 0 Å². The van der Waals surface area contributed by atoms with Gasteiger partial charge in [-0.2, -0.15) is 5.26 Å². The molecule has 2 N–H and O–H groups in total. The lowest BCUT2D eigenvalue weighted by atomic mass is 10.1. The van der Waals surface area contributed by atoms with Crippen molar-refractivity contribution in [1.29, 1.82) is 5.26 Å². The summed E-state index contributed by atoms with van der Waals surface area (Å²) in [5.41, 5.74) is 0.752. The van der Waals surface area contributed by atoms with Gasteiger partial charge in [0.1, 0.15) is 11.6 Å². The Bertz CT molecular complexity index is 1190. The van der Waals surface area contributed by atoms with Crippen LogP contribution in [-0.2, 0) is 9.53 Å². The maximum absolute atomic E-state index is 12.4. The average molecular weight is 420 g/mol. The maximum Gasteiger partial charge on any atom is 0.339 e. The lowest BCUT2D eigenvalue weighted by molar-refractivity contribution is -0.113. The van der Waals surface area contributed by atoms with Gasteiger partial charge in [-0.15, -0.1) is 0 Å². The number of aromatic amines is 1. The highest BCUT2D eigenvalue weighted by molar-refractivity contribution is 7.99. The second-order valence-electron chi connectivity index (χ2n) is 5.95. The minimum atomic E-state index is -0.578. The number of benzene rings is 2. The first-order chi connectivity index (χ1) is 14.5. The van der Waals surface area contributed by atoms with Gasteiger partial charge in [0.25, 0.3) is 5.56 Å².